The Hall–Kier alpha value is -0.820. The molecule has 0 radical (unpaired) electrons. The van der Waals surface area contributed by atoms with E-state index in [0.717, 1.165) is 18.8 Å². The maximum absolute atomic E-state index is 6.71. The van der Waals surface area contributed by atoms with Crippen molar-refractivity contribution < 1.29 is 0 Å². The second kappa shape index (κ2) is 6.52. The zero-order valence-electron chi connectivity index (χ0n) is 14.4. The largest absolute Gasteiger partial charge is 0.325 e. The summed E-state index contributed by atoms with van der Waals surface area (Å²) in [7, 11) is 0. The van der Waals surface area contributed by atoms with Gasteiger partial charge in [-0.3, -0.25) is 0 Å². The van der Waals surface area contributed by atoms with Crippen LogP contribution in [-0.4, -0.2) is 5.54 Å². The van der Waals surface area contributed by atoms with Crippen LogP contribution in [0.4, 0.5) is 0 Å². The number of aryl methyl sites for hydroxylation is 1. The van der Waals surface area contributed by atoms with Gasteiger partial charge in [0.05, 0.1) is 0 Å². The molecule has 1 aromatic carbocycles. The van der Waals surface area contributed by atoms with Gasteiger partial charge < -0.3 is 5.73 Å². The van der Waals surface area contributed by atoms with Crippen LogP contribution < -0.4 is 5.73 Å². The van der Waals surface area contributed by atoms with Crippen LogP contribution >= 0.6 is 0 Å². The number of rotatable bonds is 5. The fourth-order valence-corrected chi connectivity index (χ4v) is 3.74. The molecule has 1 saturated carbocycles. The molecule has 0 spiro atoms. The molecule has 0 bridgehead atoms. The number of hydrogen-bond acceptors (Lipinski definition) is 1. The Labute approximate surface area is 131 Å². The summed E-state index contributed by atoms with van der Waals surface area (Å²) >= 11 is 0. The van der Waals surface area contributed by atoms with Gasteiger partial charge in [-0.1, -0.05) is 58.4 Å². The molecule has 2 N–H and O–H groups in total. The Morgan fingerprint density at radius 2 is 1.57 bits per heavy atom. The van der Waals surface area contributed by atoms with Crippen molar-refractivity contribution in [3.05, 3.63) is 35.4 Å². The van der Waals surface area contributed by atoms with E-state index in [2.05, 4.69) is 52.0 Å². The van der Waals surface area contributed by atoms with Gasteiger partial charge in [0, 0.05) is 5.54 Å². The lowest BCUT2D eigenvalue weighted by Gasteiger charge is -2.43. The van der Waals surface area contributed by atoms with Crippen LogP contribution in [0.1, 0.15) is 70.9 Å². The maximum atomic E-state index is 6.71. The Morgan fingerprint density at radius 3 is 2.05 bits per heavy atom. The second-order valence-corrected chi connectivity index (χ2v) is 7.83. The Morgan fingerprint density at radius 1 is 1.05 bits per heavy atom. The molecule has 0 aromatic heterocycles. The smallest absolute Gasteiger partial charge is 0.0195 e. The SMILES string of the molecule is CCc1ccc(CC2(N)CCC(C(C)(C)CC)CC2)cc1. The molecule has 1 nitrogen and oxygen atoms in total. The molecular formula is C20H33N. The van der Waals surface area contributed by atoms with Crippen LogP contribution in [-0.2, 0) is 12.8 Å². The highest BCUT2D eigenvalue weighted by molar-refractivity contribution is 5.24. The molecule has 21 heavy (non-hydrogen) atoms. The lowest BCUT2D eigenvalue weighted by atomic mass is 9.65. The summed E-state index contributed by atoms with van der Waals surface area (Å²) in [6.07, 6.45) is 8.37. The van der Waals surface area contributed by atoms with E-state index in [1.807, 2.05) is 0 Å². The first-order chi connectivity index (χ1) is 9.88. The fraction of sp³-hybridized carbons (Fsp3) is 0.700. The van der Waals surface area contributed by atoms with E-state index in [1.54, 1.807) is 0 Å². The van der Waals surface area contributed by atoms with Crippen molar-refractivity contribution in [1.29, 1.82) is 0 Å². The summed E-state index contributed by atoms with van der Waals surface area (Å²) in [4.78, 5) is 0. The molecule has 1 aliphatic carbocycles. The van der Waals surface area contributed by atoms with Gasteiger partial charge in [-0.2, -0.15) is 0 Å². The second-order valence-electron chi connectivity index (χ2n) is 7.83. The minimum Gasteiger partial charge on any atom is -0.325 e. The molecule has 1 fully saturated rings. The number of benzene rings is 1. The lowest BCUT2D eigenvalue weighted by Crippen LogP contribution is -2.47. The van der Waals surface area contributed by atoms with E-state index in [1.165, 1.54) is 43.2 Å². The average molecular weight is 287 g/mol. The van der Waals surface area contributed by atoms with E-state index in [0.29, 0.717) is 5.41 Å². The molecule has 0 atom stereocenters. The van der Waals surface area contributed by atoms with Crippen LogP contribution in [0, 0.1) is 11.3 Å². The standard InChI is InChI=1S/C20H33N/c1-5-16-7-9-17(10-8-16)15-20(21)13-11-18(12-14-20)19(3,4)6-2/h7-10,18H,5-6,11-15,21H2,1-4H3. The first-order valence-corrected chi connectivity index (χ1v) is 8.75. The molecule has 1 heteroatoms. The maximum Gasteiger partial charge on any atom is 0.0195 e. The summed E-state index contributed by atoms with van der Waals surface area (Å²) in [6.45, 7) is 9.37. The van der Waals surface area contributed by atoms with Crippen molar-refractivity contribution in [1.82, 2.24) is 0 Å². The monoisotopic (exact) mass is 287 g/mol. The van der Waals surface area contributed by atoms with Crippen molar-refractivity contribution in [2.75, 3.05) is 0 Å². The topological polar surface area (TPSA) is 26.0 Å². The van der Waals surface area contributed by atoms with Gasteiger partial charge >= 0.3 is 0 Å². The Bertz CT molecular complexity index is 435. The van der Waals surface area contributed by atoms with Gasteiger partial charge in [0.25, 0.3) is 0 Å². The van der Waals surface area contributed by atoms with Crippen molar-refractivity contribution in [2.24, 2.45) is 17.1 Å². The highest BCUT2D eigenvalue weighted by atomic mass is 14.7. The highest BCUT2D eigenvalue weighted by Crippen LogP contribution is 2.43. The quantitative estimate of drug-likeness (QED) is 0.799. The number of nitrogens with two attached hydrogens (primary N) is 1. The molecular weight excluding hydrogens is 254 g/mol. The summed E-state index contributed by atoms with van der Waals surface area (Å²) in [5.41, 5.74) is 10.0. The van der Waals surface area contributed by atoms with Crippen LogP contribution in [0.25, 0.3) is 0 Å². The predicted octanol–water partition coefficient (Wildman–Crippen LogP) is 5.12. The lowest BCUT2D eigenvalue weighted by molar-refractivity contribution is 0.115. The first kappa shape index (κ1) is 16.5. The van der Waals surface area contributed by atoms with Gasteiger partial charge in [-0.15, -0.1) is 0 Å². The third-order valence-electron chi connectivity index (χ3n) is 5.99. The molecule has 1 aromatic rings. The van der Waals surface area contributed by atoms with Crippen LogP contribution in [0.15, 0.2) is 24.3 Å². The minimum absolute atomic E-state index is 0.0219. The van der Waals surface area contributed by atoms with Crippen molar-refractivity contribution in [3.63, 3.8) is 0 Å². The fourth-order valence-electron chi connectivity index (χ4n) is 3.74. The molecule has 0 amide bonds. The van der Waals surface area contributed by atoms with E-state index in [9.17, 15) is 0 Å². The predicted molar refractivity (Wildman–Crippen MR) is 92.5 cm³/mol. The molecule has 0 unspecified atom stereocenters. The van der Waals surface area contributed by atoms with Gasteiger partial charge in [-0.25, -0.2) is 0 Å². The van der Waals surface area contributed by atoms with Crippen LogP contribution in [0.5, 0.6) is 0 Å². The van der Waals surface area contributed by atoms with Gasteiger partial charge in [0.15, 0.2) is 0 Å². The molecule has 1 aliphatic rings. The molecule has 0 heterocycles. The summed E-state index contributed by atoms with van der Waals surface area (Å²) in [5.74, 6) is 0.849. The van der Waals surface area contributed by atoms with Crippen LogP contribution in [0.3, 0.4) is 0 Å². The number of hydrogen-bond donors (Lipinski definition) is 1. The van der Waals surface area contributed by atoms with E-state index in [-0.39, 0.29) is 5.54 Å². The normalized spacial score (nSPS) is 26.8. The van der Waals surface area contributed by atoms with Gasteiger partial charge in [0.1, 0.15) is 0 Å². The highest BCUT2D eigenvalue weighted by Gasteiger charge is 2.37. The third kappa shape index (κ3) is 4.10. The Balaban J connectivity index is 1.95. The zero-order valence-corrected chi connectivity index (χ0v) is 14.4. The molecule has 2 rings (SSSR count). The zero-order chi connectivity index (χ0) is 15.5. The van der Waals surface area contributed by atoms with Crippen molar-refractivity contribution in [2.45, 2.75) is 78.2 Å². The Kier molecular flexibility index (Phi) is 5.14. The van der Waals surface area contributed by atoms with Gasteiger partial charge in [-0.05, 0) is 61.0 Å². The molecule has 0 saturated heterocycles. The van der Waals surface area contributed by atoms with E-state index < -0.39 is 0 Å². The first-order valence-electron chi connectivity index (χ1n) is 8.75. The van der Waals surface area contributed by atoms with Crippen molar-refractivity contribution in [3.8, 4) is 0 Å². The minimum atomic E-state index is 0.0219. The van der Waals surface area contributed by atoms with Crippen molar-refractivity contribution >= 4 is 0 Å². The van der Waals surface area contributed by atoms with E-state index in [4.69, 9.17) is 5.73 Å². The summed E-state index contributed by atoms with van der Waals surface area (Å²) < 4.78 is 0. The van der Waals surface area contributed by atoms with Gasteiger partial charge in [0.2, 0.25) is 0 Å². The molecule has 0 aliphatic heterocycles. The summed E-state index contributed by atoms with van der Waals surface area (Å²) in [5, 5.41) is 0. The van der Waals surface area contributed by atoms with E-state index >= 15 is 0 Å². The third-order valence-corrected chi connectivity index (χ3v) is 5.99. The van der Waals surface area contributed by atoms with Crippen LogP contribution in [0.2, 0.25) is 0 Å². The average Bonchev–Trinajstić information content (AvgIpc) is 2.48. The summed E-state index contributed by atoms with van der Waals surface area (Å²) in [6, 6.07) is 9.06. The molecule has 118 valence electrons.